The lowest BCUT2D eigenvalue weighted by Gasteiger charge is -2.38. The predicted molar refractivity (Wildman–Crippen MR) is 85.3 cm³/mol. The highest BCUT2D eigenvalue weighted by Gasteiger charge is 2.39. The average Bonchev–Trinajstić information content (AvgIpc) is 3.03. The molecule has 0 spiro atoms. The first-order valence-corrected chi connectivity index (χ1v) is 8.29. The number of rotatable bonds is 2. The number of carbonyl (C=O) groups is 1. The van der Waals surface area contributed by atoms with Crippen LogP contribution in [0.15, 0.2) is 22.9 Å². The molecule has 2 heterocycles. The van der Waals surface area contributed by atoms with E-state index in [0.29, 0.717) is 0 Å². The number of thiophene rings is 1. The Hall–Kier alpha value is -2.01. The highest BCUT2D eigenvalue weighted by Crippen LogP contribution is 2.45. The van der Waals surface area contributed by atoms with Crippen molar-refractivity contribution in [1.29, 1.82) is 0 Å². The molecule has 2 unspecified atom stereocenters. The fourth-order valence-corrected chi connectivity index (χ4v) is 4.52. The van der Waals surface area contributed by atoms with Gasteiger partial charge in [-0.15, -0.1) is 0 Å². The number of hydrogen-bond donors (Lipinski definition) is 1. The van der Waals surface area contributed by atoms with Crippen LogP contribution < -0.4 is 14.8 Å². The topological polar surface area (TPSA) is 47.6 Å². The largest absolute Gasteiger partial charge is 0.493 e. The van der Waals surface area contributed by atoms with E-state index in [1.54, 1.807) is 25.6 Å². The summed E-state index contributed by atoms with van der Waals surface area (Å²) in [6.45, 7) is 0. The zero-order chi connectivity index (χ0) is 15.3. The summed E-state index contributed by atoms with van der Waals surface area (Å²) in [5.74, 6) is 1.78. The Morgan fingerprint density at radius 2 is 1.91 bits per heavy atom. The minimum atomic E-state index is 0.0569. The van der Waals surface area contributed by atoms with Crippen molar-refractivity contribution >= 4 is 17.2 Å². The van der Waals surface area contributed by atoms with Crippen LogP contribution in [0.4, 0.5) is 0 Å². The van der Waals surface area contributed by atoms with Gasteiger partial charge in [-0.25, -0.2) is 0 Å². The third kappa shape index (κ3) is 1.85. The van der Waals surface area contributed by atoms with Crippen molar-refractivity contribution in [3.8, 4) is 11.5 Å². The summed E-state index contributed by atoms with van der Waals surface area (Å²) in [4.78, 5) is 12.2. The number of ether oxygens (including phenoxy) is 2. The summed E-state index contributed by atoms with van der Waals surface area (Å²) in [5.41, 5.74) is 4.49. The van der Waals surface area contributed by atoms with Crippen LogP contribution in [0.2, 0.25) is 0 Å². The first kappa shape index (κ1) is 13.6. The molecule has 4 nitrogen and oxygen atoms in total. The minimum Gasteiger partial charge on any atom is -0.493 e. The predicted octanol–water partition coefficient (Wildman–Crippen LogP) is 2.96. The van der Waals surface area contributed by atoms with Gasteiger partial charge in [-0.3, -0.25) is 4.79 Å². The van der Waals surface area contributed by atoms with Gasteiger partial charge in [0, 0.05) is 17.3 Å². The molecule has 1 amide bonds. The van der Waals surface area contributed by atoms with Crippen molar-refractivity contribution in [3.63, 3.8) is 0 Å². The first-order valence-electron chi connectivity index (χ1n) is 7.34. The standard InChI is InChI=1S/C17H17NO3S/c1-20-14-5-9-3-4-13-16(10(9)6-15(14)21-2)11-7-22-8-12(11)17(19)18-13/h5-8,13,16H,3-4H2,1-2H3,(H,18,19). The second-order valence-electron chi connectivity index (χ2n) is 5.74. The lowest BCUT2D eigenvalue weighted by molar-refractivity contribution is 0.0915. The zero-order valence-corrected chi connectivity index (χ0v) is 13.3. The van der Waals surface area contributed by atoms with E-state index in [9.17, 15) is 4.79 Å². The van der Waals surface area contributed by atoms with E-state index >= 15 is 0 Å². The number of methoxy groups -OCH3 is 2. The van der Waals surface area contributed by atoms with E-state index in [2.05, 4.69) is 22.8 Å². The first-order chi connectivity index (χ1) is 10.7. The lowest BCUT2D eigenvalue weighted by Crippen LogP contribution is -2.46. The van der Waals surface area contributed by atoms with Crippen LogP contribution in [-0.4, -0.2) is 26.2 Å². The van der Waals surface area contributed by atoms with Crippen LogP contribution in [0.25, 0.3) is 0 Å². The van der Waals surface area contributed by atoms with E-state index in [4.69, 9.17) is 9.47 Å². The van der Waals surface area contributed by atoms with Gasteiger partial charge in [-0.05, 0) is 47.0 Å². The average molecular weight is 315 g/mol. The summed E-state index contributed by atoms with van der Waals surface area (Å²) >= 11 is 1.59. The molecule has 1 N–H and O–H groups in total. The summed E-state index contributed by atoms with van der Waals surface area (Å²) in [5, 5.41) is 7.21. The molecule has 5 heteroatoms. The number of aryl methyl sites for hydroxylation is 1. The lowest BCUT2D eigenvalue weighted by atomic mass is 9.73. The van der Waals surface area contributed by atoms with Crippen LogP contribution in [0.5, 0.6) is 11.5 Å². The minimum absolute atomic E-state index is 0.0569. The monoisotopic (exact) mass is 315 g/mol. The van der Waals surface area contributed by atoms with Gasteiger partial charge in [0.15, 0.2) is 11.5 Å². The molecule has 1 aromatic heterocycles. The van der Waals surface area contributed by atoms with E-state index in [0.717, 1.165) is 35.5 Å². The van der Waals surface area contributed by atoms with Crippen LogP contribution in [0, 0.1) is 0 Å². The summed E-state index contributed by atoms with van der Waals surface area (Å²) in [6.07, 6.45) is 1.89. The van der Waals surface area contributed by atoms with Crippen molar-refractivity contribution < 1.29 is 14.3 Å². The summed E-state index contributed by atoms with van der Waals surface area (Å²) < 4.78 is 10.9. The summed E-state index contributed by atoms with van der Waals surface area (Å²) in [6, 6.07) is 4.32. The van der Waals surface area contributed by atoms with Crippen LogP contribution >= 0.6 is 11.3 Å². The maximum absolute atomic E-state index is 12.2. The third-order valence-corrected chi connectivity index (χ3v) is 5.46. The molecule has 0 radical (unpaired) electrons. The Kier molecular flexibility index (Phi) is 3.11. The zero-order valence-electron chi connectivity index (χ0n) is 12.5. The van der Waals surface area contributed by atoms with E-state index in [1.165, 1.54) is 11.1 Å². The molecular weight excluding hydrogens is 298 g/mol. The van der Waals surface area contributed by atoms with Crippen molar-refractivity contribution in [2.24, 2.45) is 0 Å². The second kappa shape index (κ2) is 5.02. The quantitative estimate of drug-likeness (QED) is 0.927. The van der Waals surface area contributed by atoms with Gasteiger partial charge in [0.2, 0.25) is 0 Å². The maximum Gasteiger partial charge on any atom is 0.252 e. The normalized spacial score (nSPS) is 22.2. The second-order valence-corrected chi connectivity index (χ2v) is 6.49. The Bertz CT molecular complexity index is 752. The highest BCUT2D eigenvalue weighted by atomic mass is 32.1. The number of nitrogens with one attached hydrogen (secondary N) is 1. The molecule has 0 saturated carbocycles. The van der Waals surface area contributed by atoms with Gasteiger partial charge in [0.1, 0.15) is 0 Å². The van der Waals surface area contributed by atoms with Gasteiger partial charge < -0.3 is 14.8 Å². The molecule has 4 rings (SSSR count). The third-order valence-electron chi connectivity index (χ3n) is 4.70. The van der Waals surface area contributed by atoms with Crippen LogP contribution in [-0.2, 0) is 6.42 Å². The molecule has 2 atom stereocenters. The van der Waals surface area contributed by atoms with Gasteiger partial charge in [0.25, 0.3) is 5.91 Å². The molecular formula is C17H17NO3S. The SMILES string of the molecule is COc1cc2c(cc1OC)C1c3cscc3C(=O)NC1CC2. The molecule has 1 aliphatic carbocycles. The molecule has 0 saturated heterocycles. The van der Waals surface area contributed by atoms with E-state index < -0.39 is 0 Å². The molecule has 114 valence electrons. The molecule has 1 aliphatic heterocycles. The van der Waals surface area contributed by atoms with Gasteiger partial charge in [0.05, 0.1) is 19.8 Å². The number of benzene rings is 1. The smallest absolute Gasteiger partial charge is 0.252 e. The number of carbonyl (C=O) groups excluding carboxylic acids is 1. The van der Waals surface area contributed by atoms with Gasteiger partial charge >= 0.3 is 0 Å². The molecule has 22 heavy (non-hydrogen) atoms. The van der Waals surface area contributed by atoms with Gasteiger partial charge in [-0.1, -0.05) is 0 Å². The van der Waals surface area contributed by atoms with Crippen molar-refractivity contribution in [3.05, 3.63) is 45.1 Å². The van der Waals surface area contributed by atoms with Crippen molar-refractivity contribution in [2.45, 2.75) is 24.8 Å². The number of fused-ring (bicyclic) bond motifs is 5. The fraction of sp³-hybridized carbons (Fsp3) is 0.353. The van der Waals surface area contributed by atoms with Crippen LogP contribution in [0.1, 0.15) is 39.4 Å². The summed E-state index contributed by atoms with van der Waals surface area (Å²) in [7, 11) is 3.32. The molecule has 1 aromatic carbocycles. The molecule has 0 bridgehead atoms. The Morgan fingerprint density at radius 1 is 1.14 bits per heavy atom. The Morgan fingerprint density at radius 3 is 2.68 bits per heavy atom. The molecule has 2 aromatic rings. The number of amides is 1. The molecule has 0 fully saturated rings. The maximum atomic E-state index is 12.2. The van der Waals surface area contributed by atoms with Crippen molar-refractivity contribution in [2.75, 3.05) is 14.2 Å². The Labute approximate surface area is 133 Å². The molecule has 2 aliphatic rings. The van der Waals surface area contributed by atoms with E-state index in [1.807, 2.05) is 5.38 Å². The van der Waals surface area contributed by atoms with Crippen LogP contribution in [0.3, 0.4) is 0 Å². The highest BCUT2D eigenvalue weighted by molar-refractivity contribution is 7.08. The fourth-order valence-electron chi connectivity index (χ4n) is 3.66. The van der Waals surface area contributed by atoms with Crippen molar-refractivity contribution in [1.82, 2.24) is 5.32 Å². The van der Waals surface area contributed by atoms with Gasteiger partial charge in [-0.2, -0.15) is 11.3 Å². The Balaban J connectivity index is 1.90. The number of hydrogen-bond acceptors (Lipinski definition) is 4. The van der Waals surface area contributed by atoms with E-state index in [-0.39, 0.29) is 17.9 Å².